The van der Waals surface area contributed by atoms with Crippen molar-refractivity contribution in [2.45, 2.75) is 31.5 Å². The lowest BCUT2D eigenvalue weighted by atomic mass is 10.0. The van der Waals surface area contributed by atoms with E-state index in [-0.39, 0.29) is 19.3 Å². The number of halogens is 3. The van der Waals surface area contributed by atoms with Crippen LogP contribution < -0.4 is 5.32 Å². The monoisotopic (exact) mass is 314 g/mol. The molecule has 1 rings (SSSR count). The second kappa shape index (κ2) is 7.45. The fraction of sp³-hybridized carbons (Fsp3) is 0.357. The average molecular weight is 314 g/mol. The molecule has 0 fully saturated rings. The zero-order chi connectivity index (χ0) is 16.8. The molecule has 0 bridgehead atoms. The Morgan fingerprint density at radius 3 is 2.50 bits per heavy atom. The SMILES string of the molecule is N#CCCC[C@H](NC(=O)c1ccccc1C(F)(F)F)C(=O)O. The van der Waals surface area contributed by atoms with E-state index in [4.69, 9.17) is 10.4 Å². The van der Waals surface area contributed by atoms with E-state index in [2.05, 4.69) is 5.32 Å². The summed E-state index contributed by atoms with van der Waals surface area (Å²) in [6.45, 7) is 0. The van der Waals surface area contributed by atoms with E-state index in [0.29, 0.717) is 0 Å². The number of carbonyl (C=O) groups is 2. The van der Waals surface area contributed by atoms with Gasteiger partial charge in [-0.05, 0) is 25.0 Å². The summed E-state index contributed by atoms with van der Waals surface area (Å²) in [4.78, 5) is 22.9. The summed E-state index contributed by atoms with van der Waals surface area (Å²) >= 11 is 0. The number of nitrogens with zero attached hydrogens (tertiary/aromatic N) is 1. The normalized spacial score (nSPS) is 12.3. The number of unbranched alkanes of at least 4 members (excludes halogenated alkanes) is 1. The van der Waals surface area contributed by atoms with E-state index in [1.807, 2.05) is 6.07 Å². The summed E-state index contributed by atoms with van der Waals surface area (Å²) in [6, 6.07) is 4.60. The van der Waals surface area contributed by atoms with Crippen molar-refractivity contribution >= 4 is 11.9 Å². The van der Waals surface area contributed by atoms with Crippen molar-refractivity contribution < 1.29 is 27.9 Å². The molecule has 0 aromatic heterocycles. The molecular weight excluding hydrogens is 301 g/mol. The number of amides is 1. The van der Waals surface area contributed by atoms with Crippen LogP contribution in [0.5, 0.6) is 0 Å². The smallest absolute Gasteiger partial charge is 0.417 e. The highest BCUT2D eigenvalue weighted by Crippen LogP contribution is 2.31. The van der Waals surface area contributed by atoms with Gasteiger partial charge in [0.05, 0.1) is 17.2 Å². The molecule has 0 aliphatic heterocycles. The number of carboxylic acids is 1. The Hall–Kier alpha value is -2.56. The third-order valence-corrected chi connectivity index (χ3v) is 2.86. The fourth-order valence-electron chi connectivity index (χ4n) is 1.81. The molecule has 0 unspecified atom stereocenters. The lowest BCUT2D eigenvalue weighted by Crippen LogP contribution is -2.41. The first-order valence-electron chi connectivity index (χ1n) is 6.34. The highest BCUT2D eigenvalue weighted by molar-refractivity contribution is 5.98. The van der Waals surface area contributed by atoms with Crippen LogP contribution in [0.3, 0.4) is 0 Å². The third-order valence-electron chi connectivity index (χ3n) is 2.86. The summed E-state index contributed by atoms with van der Waals surface area (Å²) in [7, 11) is 0. The van der Waals surface area contributed by atoms with Gasteiger partial charge in [0, 0.05) is 6.42 Å². The van der Waals surface area contributed by atoms with Crippen LogP contribution in [0.2, 0.25) is 0 Å². The average Bonchev–Trinajstić information content (AvgIpc) is 2.45. The zero-order valence-electron chi connectivity index (χ0n) is 11.4. The Morgan fingerprint density at radius 1 is 1.32 bits per heavy atom. The lowest BCUT2D eigenvalue weighted by molar-refractivity contribution is -0.139. The molecule has 8 heteroatoms. The largest absolute Gasteiger partial charge is 0.480 e. The van der Waals surface area contributed by atoms with Crippen molar-refractivity contribution in [3.8, 4) is 6.07 Å². The molecule has 0 aliphatic carbocycles. The van der Waals surface area contributed by atoms with Crippen molar-refractivity contribution in [3.05, 3.63) is 35.4 Å². The van der Waals surface area contributed by atoms with Gasteiger partial charge in [-0.3, -0.25) is 4.79 Å². The quantitative estimate of drug-likeness (QED) is 0.790. The molecular formula is C14H13F3N2O3. The molecule has 118 valence electrons. The number of carbonyl (C=O) groups excluding carboxylic acids is 1. The summed E-state index contributed by atoms with van der Waals surface area (Å²) in [6.07, 6.45) is -4.44. The number of hydrogen-bond acceptors (Lipinski definition) is 3. The van der Waals surface area contributed by atoms with Crippen molar-refractivity contribution in [1.82, 2.24) is 5.32 Å². The van der Waals surface area contributed by atoms with Crippen molar-refractivity contribution in [1.29, 1.82) is 5.26 Å². The molecule has 0 saturated carbocycles. The minimum Gasteiger partial charge on any atom is -0.480 e. The van der Waals surface area contributed by atoms with E-state index in [1.165, 1.54) is 6.07 Å². The molecule has 0 radical (unpaired) electrons. The zero-order valence-corrected chi connectivity index (χ0v) is 11.4. The number of aliphatic carboxylic acids is 1. The highest BCUT2D eigenvalue weighted by atomic mass is 19.4. The second-order valence-electron chi connectivity index (χ2n) is 4.46. The van der Waals surface area contributed by atoms with Crippen LogP contribution >= 0.6 is 0 Å². The molecule has 0 aliphatic rings. The van der Waals surface area contributed by atoms with E-state index < -0.39 is 35.2 Å². The summed E-state index contributed by atoms with van der Waals surface area (Å²) in [5.41, 5.74) is -1.77. The molecule has 1 aromatic carbocycles. The van der Waals surface area contributed by atoms with E-state index in [0.717, 1.165) is 18.2 Å². The first-order chi connectivity index (χ1) is 10.3. The Kier molecular flexibility index (Phi) is 5.92. The molecule has 2 N–H and O–H groups in total. The van der Waals surface area contributed by atoms with Gasteiger partial charge in [-0.1, -0.05) is 12.1 Å². The molecule has 5 nitrogen and oxygen atoms in total. The van der Waals surface area contributed by atoms with Crippen LogP contribution in [0.15, 0.2) is 24.3 Å². The number of nitrogens with one attached hydrogen (secondary N) is 1. The van der Waals surface area contributed by atoms with Crippen molar-refractivity contribution in [2.75, 3.05) is 0 Å². The predicted octanol–water partition coefficient (Wildman–Crippen LogP) is 2.58. The van der Waals surface area contributed by atoms with Crippen LogP contribution in [-0.2, 0) is 11.0 Å². The number of rotatable bonds is 6. The Morgan fingerprint density at radius 2 is 1.95 bits per heavy atom. The number of benzene rings is 1. The van der Waals surface area contributed by atoms with E-state index in [1.54, 1.807) is 0 Å². The summed E-state index contributed by atoms with van der Waals surface area (Å²) in [5.74, 6) is -2.48. The van der Waals surface area contributed by atoms with Crippen molar-refractivity contribution in [3.63, 3.8) is 0 Å². The molecule has 22 heavy (non-hydrogen) atoms. The standard InChI is InChI=1S/C14H13F3N2O3/c15-14(16,17)10-6-2-1-5-9(10)12(20)19-11(13(21)22)7-3-4-8-18/h1-2,5-6,11H,3-4,7H2,(H,19,20)(H,21,22)/t11-/m0/s1. The predicted molar refractivity (Wildman–Crippen MR) is 69.8 cm³/mol. The lowest BCUT2D eigenvalue weighted by Gasteiger charge is -2.16. The minimum atomic E-state index is -4.71. The molecule has 1 aromatic rings. The molecule has 0 spiro atoms. The van der Waals surface area contributed by atoms with Gasteiger partial charge in [0.2, 0.25) is 0 Å². The second-order valence-corrected chi connectivity index (χ2v) is 4.46. The maximum atomic E-state index is 12.8. The van der Waals surface area contributed by atoms with Gasteiger partial charge in [0.15, 0.2) is 0 Å². The fourth-order valence-corrected chi connectivity index (χ4v) is 1.81. The molecule has 1 amide bonds. The molecule has 0 heterocycles. The first kappa shape index (κ1) is 17.5. The summed E-state index contributed by atoms with van der Waals surface area (Å²) < 4.78 is 38.5. The minimum absolute atomic E-state index is 0.0389. The van der Waals surface area contributed by atoms with Gasteiger partial charge in [-0.2, -0.15) is 18.4 Å². The van der Waals surface area contributed by atoms with Gasteiger partial charge >= 0.3 is 12.1 Å². The Bertz CT molecular complexity index is 594. The molecule has 1 atom stereocenters. The van der Waals surface area contributed by atoms with Gasteiger partial charge < -0.3 is 10.4 Å². The molecule has 0 saturated heterocycles. The van der Waals surface area contributed by atoms with Crippen LogP contribution in [-0.4, -0.2) is 23.0 Å². The summed E-state index contributed by atoms with van der Waals surface area (Å²) in [5, 5.41) is 19.4. The van der Waals surface area contributed by atoms with E-state index in [9.17, 15) is 22.8 Å². The highest BCUT2D eigenvalue weighted by Gasteiger charge is 2.35. The van der Waals surface area contributed by atoms with Crippen LogP contribution in [0.1, 0.15) is 35.2 Å². The Labute approximate surface area is 124 Å². The van der Waals surface area contributed by atoms with Crippen LogP contribution in [0.25, 0.3) is 0 Å². The van der Waals surface area contributed by atoms with Gasteiger partial charge in [0.25, 0.3) is 5.91 Å². The van der Waals surface area contributed by atoms with Crippen LogP contribution in [0, 0.1) is 11.3 Å². The first-order valence-corrected chi connectivity index (χ1v) is 6.34. The Balaban J connectivity index is 2.92. The number of nitriles is 1. The number of hydrogen-bond donors (Lipinski definition) is 2. The third kappa shape index (κ3) is 4.77. The van der Waals surface area contributed by atoms with Gasteiger partial charge in [0.1, 0.15) is 6.04 Å². The number of alkyl halides is 3. The van der Waals surface area contributed by atoms with Gasteiger partial charge in [-0.15, -0.1) is 0 Å². The van der Waals surface area contributed by atoms with Crippen LogP contribution in [0.4, 0.5) is 13.2 Å². The maximum Gasteiger partial charge on any atom is 0.417 e. The van der Waals surface area contributed by atoms with E-state index >= 15 is 0 Å². The van der Waals surface area contributed by atoms with Crippen molar-refractivity contribution in [2.24, 2.45) is 0 Å². The number of carboxylic acid groups (broad SMARTS) is 1. The van der Waals surface area contributed by atoms with Gasteiger partial charge in [-0.25, -0.2) is 4.79 Å². The maximum absolute atomic E-state index is 12.8. The topological polar surface area (TPSA) is 90.2 Å².